The van der Waals surface area contributed by atoms with Crippen molar-refractivity contribution in [2.24, 2.45) is 5.41 Å². The van der Waals surface area contributed by atoms with Gasteiger partial charge in [-0.1, -0.05) is 0 Å². The van der Waals surface area contributed by atoms with Crippen LogP contribution < -0.4 is 0 Å². The first-order valence-electron chi connectivity index (χ1n) is 5.49. The van der Waals surface area contributed by atoms with Gasteiger partial charge in [0.25, 0.3) is 0 Å². The zero-order valence-corrected chi connectivity index (χ0v) is 10.5. The highest BCUT2D eigenvalue weighted by Crippen LogP contribution is 2.23. The molecule has 0 saturated carbocycles. The van der Waals surface area contributed by atoms with Crippen molar-refractivity contribution in [3.8, 4) is 0 Å². The molecule has 6 heteroatoms. The van der Waals surface area contributed by atoms with Crippen molar-refractivity contribution >= 4 is 5.97 Å². The van der Waals surface area contributed by atoms with E-state index in [4.69, 9.17) is 14.2 Å². The highest BCUT2D eigenvalue weighted by atomic mass is 16.7. The molecule has 0 unspecified atom stereocenters. The fourth-order valence-corrected chi connectivity index (χ4v) is 1.42. The molecule has 0 bridgehead atoms. The Morgan fingerprint density at radius 3 is 2.29 bits per heavy atom. The Morgan fingerprint density at radius 1 is 1.29 bits per heavy atom. The molecule has 1 aliphatic rings. The molecule has 1 heterocycles. The summed E-state index contributed by atoms with van der Waals surface area (Å²) in [6, 6.07) is 0. The van der Waals surface area contributed by atoms with Crippen molar-refractivity contribution in [3.63, 3.8) is 0 Å². The van der Waals surface area contributed by atoms with Gasteiger partial charge in [0, 0.05) is 7.11 Å². The van der Waals surface area contributed by atoms with E-state index < -0.39 is 30.0 Å². The van der Waals surface area contributed by atoms with Gasteiger partial charge >= 0.3 is 5.97 Å². The predicted molar refractivity (Wildman–Crippen MR) is 58.1 cm³/mol. The molecular formula is C11H20O6. The summed E-state index contributed by atoms with van der Waals surface area (Å²) in [7, 11) is 1.37. The molecule has 1 fully saturated rings. The SMILES string of the molecule is CO[C@H]1O[C@H](COC(=O)C(C)(C)C)[C@@H](O)[C@H]1O. The number of hydrogen-bond acceptors (Lipinski definition) is 6. The van der Waals surface area contributed by atoms with Crippen molar-refractivity contribution in [3.05, 3.63) is 0 Å². The fraction of sp³-hybridized carbons (Fsp3) is 0.909. The number of esters is 1. The van der Waals surface area contributed by atoms with Crippen LogP contribution in [0.3, 0.4) is 0 Å². The van der Waals surface area contributed by atoms with Crippen LogP contribution in [0.15, 0.2) is 0 Å². The van der Waals surface area contributed by atoms with Crippen LogP contribution in [0.2, 0.25) is 0 Å². The summed E-state index contributed by atoms with van der Waals surface area (Å²) >= 11 is 0. The van der Waals surface area contributed by atoms with E-state index in [0.29, 0.717) is 0 Å². The third-order valence-corrected chi connectivity index (χ3v) is 2.54. The van der Waals surface area contributed by atoms with Crippen LogP contribution in [0.5, 0.6) is 0 Å². The first-order valence-corrected chi connectivity index (χ1v) is 5.49. The number of carbonyl (C=O) groups excluding carboxylic acids is 1. The monoisotopic (exact) mass is 248 g/mol. The Kier molecular flexibility index (Phi) is 4.48. The third kappa shape index (κ3) is 3.38. The number of rotatable bonds is 3. The van der Waals surface area contributed by atoms with E-state index in [0.717, 1.165) is 0 Å². The Bertz CT molecular complexity index is 272. The first-order chi connectivity index (χ1) is 7.77. The topological polar surface area (TPSA) is 85.2 Å². The molecule has 100 valence electrons. The van der Waals surface area contributed by atoms with E-state index in [1.165, 1.54) is 7.11 Å². The van der Waals surface area contributed by atoms with E-state index in [1.807, 2.05) is 0 Å². The molecule has 1 saturated heterocycles. The molecule has 1 aliphatic heterocycles. The summed E-state index contributed by atoms with van der Waals surface area (Å²) in [5, 5.41) is 19.1. The molecule has 0 aromatic rings. The zero-order valence-electron chi connectivity index (χ0n) is 10.5. The second-order valence-electron chi connectivity index (χ2n) is 5.11. The van der Waals surface area contributed by atoms with Crippen molar-refractivity contribution < 1.29 is 29.2 Å². The lowest BCUT2D eigenvalue weighted by atomic mass is 9.97. The molecule has 4 atom stereocenters. The van der Waals surface area contributed by atoms with Crippen LogP contribution in [0, 0.1) is 5.41 Å². The number of hydrogen-bond donors (Lipinski definition) is 2. The average Bonchev–Trinajstić information content (AvgIpc) is 2.51. The minimum Gasteiger partial charge on any atom is -0.462 e. The summed E-state index contributed by atoms with van der Waals surface area (Å²) in [5.74, 6) is -0.386. The summed E-state index contributed by atoms with van der Waals surface area (Å²) in [5.41, 5.74) is -0.608. The molecule has 0 spiro atoms. The Balaban J connectivity index is 2.46. The number of aliphatic hydroxyl groups is 2. The molecular weight excluding hydrogens is 228 g/mol. The molecule has 2 N–H and O–H groups in total. The second-order valence-corrected chi connectivity index (χ2v) is 5.11. The van der Waals surface area contributed by atoms with E-state index in [9.17, 15) is 15.0 Å². The maximum Gasteiger partial charge on any atom is 0.311 e. The van der Waals surface area contributed by atoms with Gasteiger partial charge in [0.15, 0.2) is 6.29 Å². The maximum absolute atomic E-state index is 11.5. The molecule has 0 amide bonds. The van der Waals surface area contributed by atoms with Gasteiger partial charge in [-0.3, -0.25) is 4.79 Å². The van der Waals surface area contributed by atoms with Gasteiger partial charge in [-0.2, -0.15) is 0 Å². The van der Waals surface area contributed by atoms with Crippen molar-refractivity contribution in [2.45, 2.75) is 45.4 Å². The third-order valence-electron chi connectivity index (χ3n) is 2.54. The van der Waals surface area contributed by atoms with Gasteiger partial charge in [-0.15, -0.1) is 0 Å². The highest BCUT2D eigenvalue weighted by molar-refractivity contribution is 5.75. The van der Waals surface area contributed by atoms with Crippen molar-refractivity contribution in [1.29, 1.82) is 0 Å². The van der Waals surface area contributed by atoms with Crippen LogP contribution in [-0.2, 0) is 19.0 Å². The summed E-state index contributed by atoms with van der Waals surface area (Å²) in [6.45, 7) is 5.09. The maximum atomic E-state index is 11.5. The summed E-state index contributed by atoms with van der Waals surface area (Å²) in [6.07, 6.45) is -3.89. The average molecular weight is 248 g/mol. The largest absolute Gasteiger partial charge is 0.462 e. The standard InChI is InChI=1S/C11H20O6/c1-11(2,3)10(14)16-5-6-7(12)8(13)9(15-4)17-6/h6-9,12-13H,5H2,1-4H3/t6-,7-,8-,9+/m1/s1. The first kappa shape index (κ1) is 14.4. The molecule has 17 heavy (non-hydrogen) atoms. The molecule has 1 rings (SSSR count). The van der Waals surface area contributed by atoms with Crippen LogP contribution in [-0.4, -0.2) is 54.5 Å². The van der Waals surface area contributed by atoms with E-state index in [2.05, 4.69) is 0 Å². The smallest absolute Gasteiger partial charge is 0.311 e. The lowest BCUT2D eigenvalue weighted by Crippen LogP contribution is -2.36. The van der Waals surface area contributed by atoms with Crippen LogP contribution in [0.25, 0.3) is 0 Å². The minimum absolute atomic E-state index is 0.103. The Hall–Kier alpha value is -0.690. The molecule has 0 radical (unpaired) electrons. The quantitative estimate of drug-likeness (QED) is 0.665. The number of carbonyl (C=O) groups is 1. The van der Waals surface area contributed by atoms with Gasteiger partial charge in [0.2, 0.25) is 0 Å². The minimum atomic E-state index is -1.13. The fourth-order valence-electron chi connectivity index (χ4n) is 1.42. The molecule has 0 aromatic heterocycles. The molecule has 6 nitrogen and oxygen atoms in total. The van der Waals surface area contributed by atoms with E-state index in [-0.39, 0.29) is 12.6 Å². The highest BCUT2D eigenvalue weighted by Gasteiger charge is 2.43. The van der Waals surface area contributed by atoms with E-state index in [1.54, 1.807) is 20.8 Å². The predicted octanol–water partition coefficient (Wildman–Crippen LogP) is -0.331. The molecule has 0 aliphatic carbocycles. The lowest BCUT2D eigenvalue weighted by Gasteiger charge is -2.19. The number of aliphatic hydroxyl groups excluding tert-OH is 2. The van der Waals surface area contributed by atoms with Gasteiger partial charge in [0.05, 0.1) is 5.41 Å². The van der Waals surface area contributed by atoms with Crippen LogP contribution in [0.4, 0.5) is 0 Å². The summed E-state index contributed by atoms with van der Waals surface area (Å²) < 4.78 is 15.0. The van der Waals surface area contributed by atoms with Gasteiger partial charge < -0.3 is 24.4 Å². The van der Waals surface area contributed by atoms with E-state index >= 15 is 0 Å². The second kappa shape index (κ2) is 5.30. The molecule has 0 aromatic carbocycles. The zero-order chi connectivity index (χ0) is 13.2. The number of ether oxygens (including phenoxy) is 3. The van der Waals surface area contributed by atoms with Gasteiger partial charge in [-0.05, 0) is 20.8 Å². The van der Waals surface area contributed by atoms with Crippen molar-refractivity contribution in [2.75, 3.05) is 13.7 Å². The van der Waals surface area contributed by atoms with Crippen molar-refractivity contribution in [1.82, 2.24) is 0 Å². The normalized spacial score (nSPS) is 33.8. The summed E-state index contributed by atoms with van der Waals surface area (Å²) in [4.78, 5) is 11.5. The van der Waals surface area contributed by atoms with Gasteiger partial charge in [-0.25, -0.2) is 0 Å². The Morgan fingerprint density at radius 2 is 1.88 bits per heavy atom. The lowest BCUT2D eigenvalue weighted by molar-refractivity contribution is -0.170. The number of methoxy groups -OCH3 is 1. The van der Waals surface area contributed by atoms with Gasteiger partial charge in [0.1, 0.15) is 24.9 Å². The van der Waals surface area contributed by atoms with Crippen LogP contribution >= 0.6 is 0 Å². The Labute approximate surface area is 100 Å². The van der Waals surface area contributed by atoms with Crippen LogP contribution in [0.1, 0.15) is 20.8 Å².